The summed E-state index contributed by atoms with van der Waals surface area (Å²) in [6, 6.07) is 12.4. The van der Waals surface area contributed by atoms with E-state index in [1.807, 2.05) is 0 Å². The molecule has 0 spiro atoms. The first-order valence-electron chi connectivity index (χ1n) is 9.79. The second-order valence-electron chi connectivity index (χ2n) is 7.09. The molecule has 2 N–H and O–H groups in total. The second-order valence-corrected chi connectivity index (χ2v) is 7.09. The summed E-state index contributed by atoms with van der Waals surface area (Å²) >= 11 is 0. The lowest BCUT2D eigenvalue weighted by Crippen LogP contribution is -2.43. The van der Waals surface area contributed by atoms with Crippen LogP contribution >= 0.6 is 0 Å². The van der Waals surface area contributed by atoms with Gasteiger partial charge in [0.05, 0.1) is 12.6 Å². The van der Waals surface area contributed by atoms with Crippen molar-refractivity contribution in [3.05, 3.63) is 59.9 Å². The Morgan fingerprint density at radius 3 is 2.57 bits per heavy atom. The minimum atomic E-state index is -0.469. The van der Waals surface area contributed by atoms with E-state index >= 15 is 0 Å². The molecule has 0 aliphatic carbocycles. The number of hydrogen-bond acceptors (Lipinski definition) is 4. The molecule has 1 saturated heterocycles. The predicted molar refractivity (Wildman–Crippen MR) is 110 cm³/mol. The van der Waals surface area contributed by atoms with Crippen molar-refractivity contribution in [1.29, 1.82) is 0 Å². The van der Waals surface area contributed by atoms with Crippen molar-refractivity contribution in [2.45, 2.75) is 25.8 Å². The summed E-state index contributed by atoms with van der Waals surface area (Å²) in [5, 5.41) is 5.23. The largest absolute Gasteiger partial charge is 0.488 e. The van der Waals surface area contributed by atoms with Gasteiger partial charge in [0, 0.05) is 24.2 Å². The van der Waals surface area contributed by atoms with Gasteiger partial charge in [0.15, 0.2) is 11.6 Å². The van der Waals surface area contributed by atoms with Gasteiger partial charge < -0.3 is 20.3 Å². The van der Waals surface area contributed by atoms with Crippen LogP contribution in [0.2, 0.25) is 0 Å². The first kappa shape index (κ1) is 21.3. The SMILES string of the molecule is CC(COc1ccccc1F)NC(=O)CNC(=O)c1ccc(N2CCCC2=O)cc1. The summed E-state index contributed by atoms with van der Waals surface area (Å²) in [4.78, 5) is 37.7. The Morgan fingerprint density at radius 1 is 1.17 bits per heavy atom. The van der Waals surface area contributed by atoms with Crippen molar-refractivity contribution in [1.82, 2.24) is 10.6 Å². The number of hydrogen-bond donors (Lipinski definition) is 2. The molecule has 2 aromatic carbocycles. The van der Waals surface area contributed by atoms with Crippen LogP contribution in [0.1, 0.15) is 30.1 Å². The number of anilines is 1. The maximum Gasteiger partial charge on any atom is 0.251 e. The van der Waals surface area contributed by atoms with E-state index in [-0.39, 0.29) is 42.7 Å². The van der Waals surface area contributed by atoms with Crippen LogP contribution in [0.3, 0.4) is 0 Å². The van der Waals surface area contributed by atoms with Gasteiger partial charge in [0.2, 0.25) is 11.8 Å². The molecule has 1 unspecified atom stereocenters. The molecule has 0 radical (unpaired) electrons. The van der Waals surface area contributed by atoms with Crippen molar-refractivity contribution < 1.29 is 23.5 Å². The van der Waals surface area contributed by atoms with Gasteiger partial charge in [-0.3, -0.25) is 14.4 Å². The molecule has 1 heterocycles. The first-order chi connectivity index (χ1) is 14.4. The van der Waals surface area contributed by atoms with E-state index in [9.17, 15) is 18.8 Å². The molecular weight excluding hydrogens is 389 g/mol. The van der Waals surface area contributed by atoms with E-state index in [1.54, 1.807) is 48.2 Å². The summed E-state index contributed by atoms with van der Waals surface area (Å²) < 4.78 is 18.9. The number of carbonyl (C=O) groups excluding carboxylic acids is 3. The summed E-state index contributed by atoms with van der Waals surface area (Å²) in [5.41, 5.74) is 1.16. The Bertz CT molecular complexity index is 917. The van der Waals surface area contributed by atoms with Crippen LogP contribution in [0, 0.1) is 5.82 Å². The number of benzene rings is 2. The van der Waals surface area contributed by atoms with Crippen LogP contribution in [0.5, 0.6) is 5.75 Å². The van der Waals surface area contributed by atoms with Crippen LogP contribution in [0.4, 0.5) is 10.1 Å². The zero-order valence-corrected chi connectivity index (χ0v) is 16.7. The van der Waals surface area contributed by atoms with Gasteiger partial charge in [0.1, 0.15) is 6.61 Å². The predicted octanol–water partition coefficient (Wildman–Crippen LogP) is 2.27. The topological polar surface area (TPSA) is 87.7 Å². The van der Waals surface area contributed by atoms with Crippen molar-refractivity contribution in [3.8, 4) is 5.75 Å². The molecule has 158 valence electrons. The van der Waals surface area contributed by atoms with Crippen LogP contribution in [0.15, 0.2) is 48.5 Å². The van der Waals surface area contributed by atoms with Gasteiger partial charge in [-0.1, -0.05) is 12.1 Å². The highest BCUT2D eigenvalue weighted by molar-refractivity contribution is 5.98. The molecule has 30 heavy (non-hydrogen) atoms. The Labute approximate surface area is 174 Å². The number of amides is 3. The quantitative estimate of drug-likeness (QED) is 0.695. The third-order valence-electron chi connectivity index (χ3n) is 4.66. The van der Waals surface area contributed by atoms with Gasteiger partial charge in [-0.25, -0.2) is 4.39 Å². The average molecular weight is 413 g/mol. The lowest BCUT2D eigenvalue weighted by molar-refractivity contribution is -0.121. The number of halogens is 1. The molecule has 0 aromatic heterocycles. The van der Waals surface area contributed by atoms with E-state index in [1.165, 1.54) is 12.1 Å². The maximum absolute atomic E-state index is 13.5. The van der Waals surface area contributed by atoms with Gasteiger partial charge in [-0.05, 0) is 49.7 Å². The fraction of sp³-hybridized carbons (Fsp3) is 0.318. The highest BCUT2D eigenvalue weighted by Gasteiger charge is 2.21. The van der Waals surface area contributed by atoms with Gasteiger partial charge in [0.25, 0.3) is 5.91 Å². The van der Waals surface area contributed by atoms with Gasteiger partial charge in [-0.2, -0.15) is 0 Å². The second kappa shape index (κ2) is 9.87. The number of para-hydroxylation sites is 1. The number of ether oxygens (including phenoxy) is 1. The maximum atomic E-state index is 13.5. The lowest BCUT2D eigenvalue weighted by atomic mass is 10.2. The standard InChI is InChI=1S/C22H24FN3O4/c1-15(14-30-19-6-3-2-5-18(19)23)25-20(27)13-24-22(29)16-8-10-17(11-9-16)26-12-4-7-21(26)28/h2-3,5-6,8-11,15H,4,7,12-14H2,1H3,(H,24,29)(H,25,27). The monoisotopic (exact) mass is 413 g/mol. The average Bonchev–Trinajstić information content (AvgIpc) is 3.17. The molecule has 8 heteroatoms. The third kappa shape index (κ3) is 5.56. The normalized spacial score (nSPS) is 14.3. The van der Waals surface area contributed by atoms with Gasteiger partial charge >= 0.3 is 0 Å². The fourth-order valence-corrected chi connectivity index (χ4v) is 3.12. The Morgan fingerprint density at radius 2 is 1.90 bits per heavy atom. The van der Waals surface area contributed by atoms with Crippen LogP contribution in [0.25, 0.3) is 0 Å². The summed E-state index contributed by atoms with van der Waals surface area (Å²) in [7, 11) is 0. The molecule has 1 aliphatic rings. The van der Waals surface area contributed by atoms with E-state index in [0.29, 0.717) is 18.5 Å². The number of rotatable bonds is 8. The van der Waals surface area contributed by atoms with Crippen LogP contribution in [-0.4, -0.2) is 43.5 Å². The molecule has 0 bridgehead atoms. The minimum absolute atomic E-state index is 0.0805. The summed E-state index contributed by atoms with van der Waals surface area (Å²) in [6.07, 6.45) is 1.38. The molecule has 0 saturated carbocycles. The lowest BCUT2D eigenvalue weighted by Gasteiger charge is -2.16. The molecular formula is C22H24FN3O4. The minimum Gasteiger partial charge on any atom is -0.488 e. The Hall–Kier alpha value is -3.42. The molecule has 3 amide bonds. The molecule has 2 aromatic rings. The van der Waals surface area contributed by atoms with Crippen LogP contribution in [-0.2, 0) is 9.59 Å². The molecule has 1 aliphatic heterocycles. The summed E-state index contributed by atoms with van der Waals surface area (Å²) in [5.74, 6) is -1.04. The smallest absolute Gasteiger partial charge is 0.251 e. The zero-order chi connectivity index (χ0) is 21.5. The van der Waals surface area contributed by atoms with Gasteiger partial charge in [-0.15, -0.1) is 0 Å². The van der Waals surface area contributed by atoms with Crippen LogP contribution < -0.4 is 20.3 Å². The molecule has 7 nitrogen and oxygen atoms in total. The van der Waals surface area contributed by atoms with Crippen molar-refractivity contribution in [3.63, 3.8) is 0 Å². The van der Waals surface area contributed by atoms with E-state index < -0.39 is 5.82 Å². The Kier molecular flexibility index (Phi) is 7.00. The molecule has 3 rings (SSSR count). The highest BCUT2D eigenvalue weighted by Crippen LogP contribution is 2.21. The number of nitrogens with zero attached hydrogens (tertiary/aromatic N) is 1. The summed E-state index contributed by atoms with van der Waals surface area (Å²) in [6.45, 7) is 2.30. The van der Waals surface area contributed by atoms with E-state index in [4.69, 9.17) is 4.74 Å². The van der Waals surface area contributed by atoms with Crippen molar-refractivity contribution >= 4 is 23.4 Å². The van der Waals surface area contributed by atoms with Crippen molar-refractivity contribution in [2.75, 3.05) is 24.6 Å². The Balaban J connectivity index is 1.42. The number of carbonyl (C=O) groups is 3. The highest BCUT2D eigenvalue weighted by atomic mass is 19.1. The fourth-order valence-electron chi connectivity index (χ4n) is 3.12. The number of nitrogens with one attached hydrogen (secondary N) is 2. The van der Waals surface area contributed by atoms with E-state index in [2.05, 4.69) is 10.6 Å². The first-order valence-corrected chi connectivity index (χ1v) is 9.79. The zero-order valence-electron chi connectivity index (χ0n) is 16.7. The van der Waals surface area contributed by atoms with E-state index in [0.717, 1.165) is 12.1 Å². The van der Waals surface area contributed by atoms with Crippen molar-refractivity contribution in [2.24, 2.45) is 0 Å². The molecule has 1 fully saturated rings. The molecule has 1 atom stereocenters. The third-order valence-corrected chi connectivity index (χ3v) is 4.66.